The second-order valence-corrected chi connectivity index (χ2v) is 4.39. The molecule has 3 nitrogen and oxygen atoms in total. The van der Waals surface area contributed by atoms with E-state index in [1.54, 1.807) is 0 Å². The SMILES string of the molecule is CCNC(C)(C#N)CCOc1cccc(C)c1. The van der Waals surface area contributed by atoms with Crippen LogP contribution in [0.3, 0.4) is 0 Å². The summed E-state index contributed by atoms with van der Waals surface area (Å²) in [7, 11) is 0. The van der Waals surface area contributed by atoms with E-state index in [9.17, 15) is 0 Å². The van der Waals surface area contributed by atoms with Gasteiger partial charge < -0.3 is 4.74 Å². The minimum absolute atomic E-state index is 0.501. The Hall–Kier alpha value is -1.53. The van der Waals surface area contributed by atoms with E-state index in [4.69, 9.17) is 10.00 Å². The van der Waals surface area contributed by atoms with Crippen LogP contribution in [-0.2, 0) is 0 Å². The average Bonchev–Trinajstić information content (AvgIpc) is 2.29. The summed E-state index contributed by atoms with van der Waals surface area (Å²) in [5.74, 6) is 0.863. The van der Waals surface area contributed by atoms with Gasteiger partial charge in [-0.15, -0.1) is 0 Å². The first-order valence-corrected chi connectivity index (χ1v) is 5.95. The third-order valence-corrected chi connectivity index (χ3v) is 2.67. The van der Waals surface area contributed by atoms with Crippen molar-refractivity contribution in [3.8, 4) is 11.8 Å². The topological polar surface area (TPSA) is 45.0 Å². The van der Waals surface area contributed by atoms with Gasteiger partial charge in [0.05, 0.1) is 12.7 Å². The summed E-state index contributed by atoms with van der Waals surface area (Å²) in [5.41, 5.74) is 0.677. The van der Waals surface area contributed by atoms with Crippen molar-refractivity contribution in [2.24, 2.45) is 0 Å². The van der Waals surface area contributed by atoms with E-state index in [0.717, 1.165) is 12.3 Å². The van der Waals surface area contributed by atoms with Gasteiger partial charge in [-0.2, -0.15) is 5.26 Å². The number of aryl methyl sites for hydroxylation is 1. The first-order valence-electron chi connectivity index (χ1n) is 5.95. The van der Waals surface area contributed by atoms with Crippen LogP contribution < -0.4 is 10.1 Å². The Balaban J connectivity index is 2.44. The highest BCUT2D eigenvalue weighted by molar-refractivity contribution is 5.27. The van der Waals surface area contributed by atoms with Crippen LogP contribution in [0.4, 0.5) is 0 Å². The van der Waals surface area contributed by atoms with Crippen molar-refractivity contribution in [1.29, 1.82) is 5.26 Å². The van der Waals surface area contributed by atoms with Gasteiger partial charge in [0.15, 0.2) is 0 Å². The summed E-state index contributed by atoms with van der Waals surface area (Å²) in [6, 6.07) is 10.2. The molecule has 1 aromatic rings. The van der Waals surface area contributed by atoms with Gasteiger partial charge in [-0.3, -0.25) is 5.32 Å². The van der Waals surface area contributed by atoms with E-state index in [-0.39, 0.29) is 0 Å². The number of hydrogen-bond donors (Lipinski definition) is 1. The Morgan fingerprint density at radius 2 is 2.24 bits per heavy atom. The fourth-order valence-electron chi connectivity index (χ4n) is 1.65. The lowest BCUT2D eigenvalue weighted by molar-refractivity contribution is 0.268. The van der Waals surface area contributed by atoms with Crippen molar-refractivity contribution in [3.05, 3.63) is 29.8 Å². The molecule has 0 saturated heterocycles. The van der Waals surface area contributed by atoms with Crippen LogP contribution in [0.25, 0.3) is 0 Å². The van der Waals surface area contributed by atoms with E-state index < -0.39 is 5.54 Å². The average molecular weight is 232 g/mol. The first-order chi connectivity index (χ1) is 8.09. The summed E-state index contributed by atoms with van der Waals surface area (Å²) in [6.45, 7) is 7.26. The molecule has 0 aromatic heterocycles. The quantitative estimate of drug-likeness (QED) is 0.820. The van der Waals surface area contributed by atoms with Crippen molar-refractivity contribution in [1.82, 2.24) is 5.32 Å². The number of ether oxygens (including phenoxy) is 1. The minimum Gasteiger partial charge on any atom is -0.493 e. The highest BCUT2D eigenvalue weighted by atomic mass is 16.5. The number of hydrogen-bond acceptors (Lipinski definition) is 3. The number of nitriles is 1. The van der Waals surface area contributed by atoms with Gasteiger partial charge in [0.25, 0.3) is 0 Å². The molecule has 1 N–H and O–H groups in total. The second kappa shape index (κ2) is 6.27. The Labute approximate surface area is 103 Å². The van der Waals surface area contributed by atoms with Crippen molar-refractivity contribution in [2.45, 2.75) is 32.7 Å². The third kappa shape index (κ3) is 4.46. The van der Waals surface area contributed by atoms with Gasteiger partial charge in [-0.1, -0.05) is 19.1 Å². The Bertz CT molecular complexity index is 397. The summed E-state index contributed by atoms with van der Waals surface area (Å²) < 4.78 is 5.64. The van der Waals surface area contributed by atoms with Gasteiger partial charge in [0, 0.05) is 6.42 Å². The lowest BCUT2D eigenvalue weighted by Crippen LogP contribution is -2.42. The standard InChI is InChI=1S/C14H20N2O/c1-4-16-14(3,11-15)8-9-17-13-7-5-6-12(2)10-13/h5-7,10,16H,4,8-9H2,1-3H3. The van der Waals surface area contributed by atoms with Gasteiger partial charge >= 0.3 is 0 Å². The maximum atomic E-state index is 9.09. The fraction of sp³-hybridized carbons (Fsp3) is 0.500. The Morgan fingerprint density at radius 1 is 1.47 bits per heavy atom. The normalized spacial score (nSPS) is 13.8. The maximum absolute atomic E-state index is 9.09. The Morgan fingerprint density at radius 3 is 2.82 bits per heavy atom. The summed E-state index contributed by atoms with van der Waals surface area (Å²) in [4.78, 5) is 0. The van der Waals surface area contributed by atoms with E-state index in [0.29, 0.717) is 13.0 Å². The molecule has 1 rings (SSSR count). The summed E-state index contributed by atoms with van der Waals surface area (Å²) in [6.07, 6.45) is 0.672. The molecule has 0 fully saturated rings. The molecule has 17 heavy (non-hydrogen) atoms. The van der Waals surface area contributed by atoms with Crippen LogP contribution in [0.15, 0.2) is 24.3 Å². The van der Waals surface area contributed by atoms with Crippen LogP contribution in [0.1, 0.15) is 25.8 Å². The largest absolute Gasteiger partial charge is 0.493 e. The van der Waals surface area contributed by atoms with E-state index in [1.165, 1.54) is 5.56 Å². The zero-order chi connectivity index (χ0) is 12.7. The van der Waals surface area contributed by atoms with E-state index >= 15 is 0 Å². The van der Waals surface area contributed by atoms with Crippen molar-refractivity contribution >= 4 is 0 Å². The zero-order valence-corrected chi connectivity index (χ0v) is 10.8. The molecule has 1 unspecified atom stereocenters. The molecule has 1 aromatic carbocycles. The predicted octanol–water partition coefficient (Wildman–Crippen LogP) is 2.66. The minimum atomic E-state index is -0.501. The summed E-state index contributed by atoms with van der Waals surface area (Å²) in [5, 5.41) is 12.3. The first kappa shape index (κ1) is 13.5. The van der Waals surface area contributed by atoms with Gasteiger partial charge in [-0.25, -0.2) is 0 Å². The molecule has 0 aliphatic heterocycles. The molecule has 0 bridgehead atoms. The molecule has 3 heteroatoms. The molecule has 0 aliphatic rings. The number of benzene rings is 1. The Kier molecular flexibility index (Phi) is 4.99. The van der Waals surface area contributed by atoms with Gasteiger partial charge in [-0.05, 0) is 38.1 Å². The number of nitrogens with one attached hydrogen (secondary N) is 1. The zero-order valence-electron chi connectivity index (χ0n) is 10.8. The molecule has 0 heterocycles. The van der Waals surface area contributed by atoms with Crippen LogP contribution in [0.2, 0.25) is 0 Å². The van der Waals surface area contributed by atoms with Gasteiger partial charge in [0.1, 0.15) is 11.3 Å². The molecular formula is C14H20N2O. The van der Waals surface area contributed by atoms with E-state index in [2.05, 4.69) is 11.4 Å². The molecule has 0 saturated carbocycles. The highest BCUT2D eigenvalue weighted by Crippen LogP contribution is 2.14. The third-order valence-electron chi connectivity index (χ3n) is 2.67. The van der Waals surface area contributed by atoms with E-state index in [1.807, 2.05) is 45.0 Å². The van der Waals surface area contributed by atoms with Gasteiger partial charge in [0.2, 0.25) is 0 Å². The van der Waals surface area contributed by atoms with Crippen molar-refractivity contribution in [3.63, 3.8) is 0 Å². The monoisotopic (exact) mass is 232 g/mol. The summed E-state index contributed by atoms with van der Waals surface area (Å²) >= 11 is 0. The van der Waals surface area contributed by atoms with Crippen molar-refractivity contribution < 1.29 is 4.74 Å². The molecular weight excluding hydrogens is 212 g/mol. The lowest BCUT2D eigenvalue weighted by atomic mass is 10.0. The molecule has 1 atom stereocenters. The molecule has 0 spiro atoms. The van der Waals surface area contributed by atoms with Crippen LogP contribution in [0.5, 0.6) is 5.75 Å². The fourth-order valence-corrected chi connectivity index (χ4v) is 1.65. The second-order valence-electron chi connectivity index (χ2n) is 4.39. The highest BCUT2D eigenvalue weighted by Gasteiger charge is 2.21. The molecule has 0 radical (unpaired) electrons. The van der Waals surface area contributed by atoms with Crippen molar-refractivity contribution in [2.75, 3.05) is 13.2 Å². The predicted molar refractivity (Wildman–Crippen MR) is 69.0 cm³/mol. The lowest BCUT2D eigenvalue weighted by Gasteiger charge is -2.22. The molecule has 92 valence electrons. The molecule has 0 amide bonds. The molecule has 0 aliphatic carbocycles. The smallest absolute Gasteiger partial charge is 0.119 e. The number of nitrogens with zero attached hydrogens (tertiary/aromatic N) is 1. The maximum Gasteiger partial charge on any atom is 0.119 e. The van der Waals surface area contributed by atoms with Crippen LogP contribution in [0, 0.1) is 18.3 Å². The van der Waals surface area contributed by atoms with Crippen LogP contribution >= 0.6 is 0 Å². The number of rotatable bonds is 6. The van der Waals surface area contributed by atoms with Crippen LogP contribution in [-0.4, -0.2) is 18.7 Å².